The molecule has 1 aliphatic rings. The second kappa shape index (κ2) is 6.21. The lowest BCUT2D eigenvalue weighted by molar-refractivity contribution is -0.0485. The fourth-order valence-electron chi connectivity index (χ4n) is 1.42. The summed E-state index contributed by atoms with van der Waals surface area (Å²) >= 11 is 11.0. The normalized spacial score (nSPS) is 20.2. The monoisotopic (exact) mass is 228 g/mol. The summed E-state index contributed by atoms with van der Waals surface area (Å²) in [5, 5.41) is 0. The third-order valence-corrected chi connectivity index (χ3v) is 3.19. The van der Waals surface area contributed by atoms with Gasteiger partial charge in [0, 0.05) is 0 Å². The van der Waals surface area contributed by atoms with Crippen LogP contribution in [0.15, 0.2) is 0 Å². The van der Waals surface area contributed by atoms with Crippen molar-refractivity contribution in [2.24, 2.45) is 0 Å². The molecule has 1 rings (SSSR count). The van der Waals surface area contributed by atoms with Crippen LogP contribution >= 0.6 is 22.2 Å². The van der Waals surface area contributed by atoms with E-state index in [1.165, 1.54) is 19.3 Å². The molecular weight excluding hydrogens is 215 g/mol. The minimum Gasteiger partial charge on any atom is -0.370 e. The Morgan fingerprint density at radius 3 is 2.42 bits per heavy atom. The van der Waals surface area contributed by atoms with E-state index in [4.69, 9.17) is 31.3 Å². The summed E-state index contributed by atoms with van der Waals surface area (Å²) in [5.41, 5.74) is 0. The van der Waals surface area contributed by atoms with Gasteiger partial charge in [-0.05, 0) is 12.8 Å². The third-order valence-electron chi connectivity index (χ3n) is 2.05. The van der Waals surface area contributed by atoms with Crippen LogP contribution in [0.3, 0.4) is 0 Å². The summed E-state index contributed by atoms with van der Waals surface area (Å²) in [6.45, 7) is 0.272. The standard InChI is InChI=1S/C7H14Cl2O2Si/c8-12(9)11-6-10-7-4-2-1-3-5-7/h7,12H,1-6H2. The topological polar surface area (TPSA) is 18.5 Å². The number of hydrogen-bond acceptors (Lipinski definition) is 2. The molecule has 5 heteroatoms. The molecule has 0 spiro atoms. The van der Waals surface area contributed by atoms with Crippen molar-refractivity contribution < 1.29 is 9.16 Å². The van der Waals surface area contributed by atoms with Crippen LogP contribution in [-0.2, 0) is 9.16 Å². The summed E-state index contributed by atoms with van der Waals surface area (Å²) in [7, 11) is -1.92. The van der Waals surface area contributed by atoms with E-state index in [0.717, 1.165) is 12.8 Å². The van der Waals surface area contributed by atoms with Crippen LogP contribution in [-0.4, -0.2) is 20.6 Å². The molecule has 0 aromatic rings. The first-order valence-corrected chi connectivity index (χ1v) is 8.26. The summed E-state index contributed by atoms with van der Waals surface area (Å²) in [5.74, 6) is 0. The van der Waals surface area contributed by atoms with E-state index in [0.29, 0.717) is 6.10 Å². The molecule has 72 valence electrons. The zero-order valence-electron chi connectivity index (χ0n) is 6.97. The van der Waals surface area contributed by atoms with E-state index in [9.17, 15) is 0 Å². The van der Waals surface area contributed by atoms with Gasteiger partial charge in [-0.25, -0.2) is 0 Å². The summed E-state index contributed by atoms with van der Waals surface area (Å²) in [6, 6.07) is 0. The lowest BCUT2D eigenvalue weighted by Gasteiger charge is -2.21. The molecule has 1 aliphatic carbocycles. The van der Waals surface area contributed by atoms with Crippen LogP contribution in [0.5, 0.6) is 0 Å². The van der Waals surface area contributed by atoms with Gasteiger partial charge in [0.1, 0.15) is 6.79 Å². The molecular formula is C7H14Cl2O2Si. The molecule has 0 aliphatic heterocycles. The highest BCUT2D eigenvalue weighted by molar-refractivity contribution is 7.30. The molecule has 2 nitrogen and oxygen atoms in total. The Balaban J connectivity index is 1.98. The molecule has 1 fully saturated rings. The van der Waals surface area contributed by atoms with Crippen molar-refractivity contribution in [1.29, 1.82) is 0 Å². The fourth-order valence-corrected chi connectivity index (χ4v) is 1.91. The Bertz CT molecular complexity index is 118. The zero-order valence-corrected chi connectivity index (χ0v) is 9.64. The minimum absolute atomic E-state index is 0.272. The first kappa shape index (κ1) is 10.8. The van der Waals surface area contributed by atoms with E-state index in [2.05, 4.69) is 0 Å². The number of hydrogen-bond donors (Lipinski definition) is 0. The Labute approximate surface area is 84.3 Å². The minimum atomic E-state index is -1.92. The Hall–Kier alpha value is 0.717. The molecule has 0 N–H and O–H groups in total. The average molecular weight is 229 g/mol. The van der Waals surface area contributed by atoms with Gasteiger partial charge in [0.2, 0.25) is 0 Å². The van der Waals surface area contributed by atoms with E-state index >= 15 is 0 Å². The molecule has 0 atom stereocenters. The molecule has 0 unspecified atom stereocenters. The van der Waals surface area contributed by atoms with Crippen molar-refractivity contribution in [1.82, 2.24) is 0 Å². The van der Waals surface area contributed by atoms with Crippen molar-refractivity contribution in [3.63, 3.8) is 0 Å². The van der Waals surface area contributed by atoms with Crippen molar-refractivity contribution >= 4 is 29.8 Å². The highest BCUT2D eigenvalue weighted by atomic mass is 35.7. The van der Waals surface area contributed by atoms with Gasteiger partial charge in [0.25, 0.3) is 0 Å². The van der Waals surface area contributed by atoms with Gasteiger partial charge in [-0.3, -0.25) is 0 Å². The lowest BCUT2D eigenvalue weighted by atomic mass is 9.98. The molecule has 0 aromatic heterocycles. The highest BCUT2D eigenvalue weighted by Gasteiger charge is 2.13. The number of halogens is 2. The van der Waals surface area contributed by atoms with Crippen LogP contribution < -0.4 is 0 Å². The van der Waals surface area contributed by atoms with Gasteiger partial charge in [-0.1, -0.05) is 19.3 Å². The quantitative estimate of drug-likeness (QED) is 0.419. The van der Waals surface area contributed by atoms with Crippen LogP contribution in [0.4, 0.5) is 0 Å². The SMILES string of the molecule is Cl[SiH](Cl)OCOC1CCCCC1. The molecule has 0 aromatic carbocycles. The zero-order chi connectivity index (χ0) is 8.81. The van der Waals surface area contributed by atoms with Crippen LogP contribution in [0.1, 0.15) is 32.1 Å². The maximum absolute atomic E-state index is 5.50. The molecule has 0 bridgehead atoms. The second-order valence-corrected chi connectivity index (χ2v) is 6.88. The van der Waals surface area contributed by atoms with E-state index in [-0.39, 0.29) is 6.79 Å². The smallest absolute Gasteiger partial charge is 0.370 e. The van der Waals surface area contributed by atoms with Gasteiger partial charge in [-0.2, -0.15) is 0 Å². The fraction of sp³-hybridized carbons (Fsp3) is 1.00. The summed E-state index contributed by atoms with van der Waals surface area (Å²) in [4.78, 5) is 0. The van der Waals surface area contributed by atoms with Gasteiger partial charge in [0.15, 0.2) is 0 Å². The van der Waals surface area contributed by atoms with Crippen LogP contribution in [0, 0.1) is 0 Å². The van der Waals surface area contributed by atoms with Gasteiger partial charge < -0.3 is 9.16 Å². The van der Waals surface area contributed by atoms with Crippen LogP contribution in [0.2, 0.25) is 0 Å². The maximum Gasteiger partial charge on any atom is 0.374 e. The molecule has 12 heavy (non-hydrogen) atoms. The molecule has 0 saturated heterocycles. The molecule has 0 heterocycles. The lowest BCUT2D eigenvalue weighted by Crippen LogP contribution is -2.19. The molecule has 0 amide bonds. The Morgan fingerprint density at radius 1 is 1.17 bits per heavy atom. The summed E-state index contributed by atoms with van der Waals surface area (Å²) < 4.78 is 10.4. The summed E-state index contributed by atoms with van der Waals surface area (Å²) in [6.07, 6.45) is 6.56. The largest absolute Gasteiger partial charge is 0.374 e. The van der Waals surface area contributed by atoms with Gasteiger partial charge in [0.05, 0.1) is 6.10 Å². The average Bonchev–Trinajstić information content (AvgIpc) is 2.05. The third kappa shape index (κ3) is 4.67. The number of rotatable bonds is 4. The first-order chi connectivity index (χ1) is 5.79. The van der Waals surface area contributed by atoms with E-state index in [1.54, 1.807) is 0 Å². The maximum atomic E-state index is 5.50. The van der Waals surface area contributed by atoms with Crippen molar-refractivity contribution in [2.45, 2.75) is 38.2 Å². The highest BCUT2D eigenvalue weighted by Crippen LogP contribution is 2.20. The number of ether oxygens (including phenoxy) is 1. The van der Waals surface area contributed by atoms with Gasteiger partial charge >= 0.3 is 7.66 Å². The first-order valence-electron chi connectivity index (χ1n) is 4.30. The van der Waals surface area contributed by atoms with E-state index < -0.39 is 7.66 Å². The van der Waals surface area contributed by atoms with Crippen molar-refractivity contribution in [3.8, 4) is 0 Å². The van der Waals surface area contributed by atoms with Crippen molar-refractivity contribution in [2.75, 3.05) is 6.79 Å². The second-order valence-electron chi connectivity index (χ2n) is 2.97. The van der Waals surface area contributed by atoms with Gasteiger partial charge in [-0.15, -0.1) is 22.2 Å². The molecule has 0 radical (unpaired) electrons. The predicted octanol–water partition coefficient (Wildman–Crippen LogP) is 2.50. The Kier molecular flexibility index (Phi) is 5.59. The molecule has 1 saturated carbocycles. The Morgan fingerprint density at radius 2 is 1.83 bits per heavy atom. The van der Waals surface area contributed by atoms with E-state index in [1.807, 2.05) is 0 Å². The predicted molar refractivity (Wildman–Crippen MR) is 52.8 cm³/mol. The van der Waals surface area contributed by atoms with Crippen LogP contribution in [0.25, 0.3) is 0 Å². The van der Waals surface area contributed by atoms with Crippen molar-refractivity contribution in [3.05, 3.63) is 0 Å².